The predicted octanol–water partition coefficient (Wildman–Crippen LogP) is 6.04. The third-order valence-electron chi connectivity index (χ3n) is 6.65. The molecule has 3 unspecified atom stereocenters. The van der Waals surface area contributed by atoms with Crippen molar-refractivity contribution in [2.45, 2.75) is 37.1 Å². The van der Waals surface area contributed by atoms with Gasteiger partial charge in [0.15, 0.2) is 0 Å². The van der Waals surface area contributed by atoms with Gasteiger partial charge in [-0.25, -0.2) is 8.42 Å². The number of para-hydroxylation sites is 1. The van der Waals surface area contributed by atoms with Gasteiger partial charge in [-0.05, 0) is 67.6 Å². The van der Waals surface area contributed by atoms with Gasteiger partial charge in [0.25, 0.3) is 10.0 Å². The molecule has 2 aliphatic rings. The zero-order valence-electron chi connectivity index (χ0n) is 18.4. The molecule has 1 aliphatic carbocycles. The average molecular weight is 445 g/mol. The summed E-state index contributed by atoms with van der Waals surface area (Å²) in [6.45, 7) is 4.36. The van der Waals surface area contributed by atoms with Crippen molar-refractivity contribution < 1.29 is 8.42 Å². The number of allylic oxidation sites excluding steroid dienone is 2. The Balaban J connectivity index is 1.54. The van der Waals surface area contributed by atoms with Crippen molar-refractivity contribution in [1.82, 2.24) is 0 Å². The van der Waals surface area contributed by atoms with Crippen LogP contribution in [0.5, 0.6) is 0 Å². The molecule has 0 spiro atoms. The van der Waals surface area contributed by atoms with Crippen LogP contribution < -0.4 is 9.62 Å². The summed E-state index contributed by atoms with van der Waals surface area (Å²) in [6.07, 6.45) is 5.47. The zero-order chi connectivity index (χ0) is 22.3. The second-order valence-electron chi connectivity index (χ2n) is 8.64. The molecule has 5 rings (SSSR count). The minimum Gasteiger partial charge on any atom is -0.378 e. The van der Waals surface area contributed by atoms with Crippen molar-refractivity contribution in [2.75, 3.05) is 16.2 Å². The Morgan fingerprint density at radius 1 is 1.00 bits per heavy atom. The molecule has 0 amide bonds. The molecule has 3 aromatic carbocycles. The molecule has 0 bridgehead atoms. The van der Waals surface area contributed by atoms with Crippen LogP contribution in [-0.2, 0) is 10.0 Å². The fourth-order valence-electron chi connectivity index (χ4n) is 5.14. The number of benzene rings is 3. The van der Waals surface area contributed by atoms with E-state index in [4.69, 9.17) is 0 Å². The first kappa shape index (κ1) is 20.8. The first-order valence-electron chi connectivity index (χ1n) is 11.2. The lowest BCUT2D eigenvalue weighted by Crippen LogP contribution is -2.32. The molecular weight excluding hydrogens is 416 g/mol. The molecule has 3 aromatic rings. The molecule has 0 saturated heterocycles. The lowest BCUT2D eigenvalue weighted by molar-refractivity contribution is 0.425. The van der Waals surface area contributed by atoms with Crippen molar-refractivity contribution in [1.29, 1.82) is 0 Å². The number of sulfonamides is 1. The number of aryl methyl sites for hydroxylation is 1. The number of hydrogen-bond donors (Lipinski definition) is 1. The molecule has 3 atom stereocenters. The van der Waals surface area contributed by atoms with Gasteiger partial charge in [-0.2, -0.15) is 0 Å². The Bertz CT molecular complexity index is 1270. The highest BCUT2D eigenvalue weighted by Crippen LogP contribution is 2.50. The first-order valence-corrected chi connectivity index (χ1v) is 12.6. The van der Waals surface area contributed by atoms with Crippen LogP contribution in [0.3, 0.4) is 0 Å². The van der Waals surface area contributed by atoms with Crippen molar-refractivity contribution in [3.05, 3.63) is 102 Å². The van der Waals surface area contributed by atoms with Crippen LogP contribution in [0.25, 0.3) is 0 Å². The third kappa shape index (κ3) is 3.51. The van der Waals surface area contributed by atoms with Gasteiger partial charge in [-0.1, -0.05) is 60.2 Å². The van der Waals surface area contributed by atoms with Crippen LogP contribution in [0.1, 0.15) is 42.0 Å². The van der Waals surface area contributed by atoms with Crippen molar-refractivity contribution in [2.24, 2.45) is 5.92 Å². The molecule has 0 saturated carbocycles. The highest BCUT2D eigenvalue weighted by Gasteiger charge is 2.38. The molecule has 0 radical (unpaired) electrons. The van der Waals surface area contributed by atoms with Crippen molar-refractivity contribution in [3.63, 3.8) is 0 Å². The maximum Gasteiger partial charge on any atom is 0.264 e. The maximum atomic E-state index is 13.6. The van der Waals surface area contributed by atoms with Gasteiger partial charge >= 0.3 is 0 Å². The lowest BCUT2D eigenvalue weighted by atomic mass is 9.77. The molecule has 1 N–H and O–H groups in total. The molecule has 32 heavy (non-hydrogen) atoms. The summed E-state index contributed by atoms with van der Waals surface area (Å²) < 4.78 is 28.6. The zero-order valence-corrected chi connectivity index (χ0v) is 19.2. The summed E-state index contributed by atoms with van der Waals surface area (Å²) in [4.78, 5) is 0.344. The number of rotatable bonds is 5. The number of fused-ring (bicyclic) bond motifs is 3. The fourth-order valence-corrected chi connectivity index (χ4v) is 6.65. The minimum atomic E-state index is -3.66. The van der Waals surface area contributed by atoms with Gasteiger partial charge < -0.3 is 5.32 Å². The molecule has 4 nitrogen and oxygen atoms in total. The van der Waals surface area contributed by atoms with Crippen LogP contribution in [-0.4, -0.2) is 15.0 Å². The van der Waals surface area contributed by atoms with E-state index in [1.54, 1.807) is 6.07 Å². The quantitative estimate of drug-likeness (QED) is 0.488. The normalized spacial score (nSPS) is 21.5. The molecule has 1 heterocycles. The highest BCUT2D eigenvalue weighted by atomic mass is 32.2. The Morgan fingerprint density at radius 3 is 2.56 bits per heavy atom. The molecular formula is C27H28N2O2S. The topological polar surface area (TPSA) is 49.4 Å². The Labute approximate surface area is 190 Å². The van der Waals surface area contributed by atoms with Crippen LogP contribution in [0.2, 0.25) is 0 Å². The molecule has 1 aliphatic heterocycles. The smallest absolute Gasteiger partial charge is 0.264 e. The number of nitrogens with one attached hydrogen (secondary N) is 1. The summed E-state index contributed by atoms with van der Waals surface area (Å²) in [6, 6.07) is 23.7. The largest absolute Gasteiger partial charge is 0.378 e. The third-order valence-corrected chi connectivity index (χ3v) is 8.55. The Hall–Kier alpha value is -3.05. The monoisotopic (exact) mass is 444 g/mol. The van der Waals surface area contributed by atoms with Crippen LogP contribution in [0, 0.1) is 12.8 Å². The van der Waals surface area contributed by atoms with E-state index in [9.17, 15) is 8.42 Å². The number of hydrogen-bond acceptors (Lipinski definition) is 3. The average Bonchev–Trinajstić information content (AvgIpc) is 3.29. The summed E-state index contributed by atoms with van der Waals surface area (Å²) in [5, 5.41) is 3.72. The number of nitrogens with zero attached hydrogens (tertiary/aromatic N) is 1. The van der Waals surface area contributed by atoms with E-state index in [0.717, 1.165) is 17.7 Å². The second-order valence-corrected chi connectivity index (χ2v) is 10.5. The molecule has 164 valence electrons. The maximum absolute atomic E-state index is 13.6. The van der Waals surface area contributed by atoms with Crippen LogP contribution >= 0.6 is 0 Å². The second kappa shape index (κ2) is 8.14. The van der Waals surface area contributed by atoms with Gasteiger partial charge in [0.1, 0.15) is 0 Å². The first-order chi connectivity index (χ1) is 15.5. The van der Waals surface area contributed by atoms with Gasteiger partial charge in [0.2, 0.25) is 0 Å². The van der Waals surface area contributed by atoms with Gasteiger partial charge in [0.05, 0.1) is 16.6 Å². The van der Waals surface area contributed by atoms with Gasteiger partial charge in [0, 0.05) is 18.2 Å². The molecule has 0 fully saturated rings. The van der Waals surface area contributed by atoms with E-state index >= 15 is 0 Å². The van der Waals surface area contributed by atoms with Crippen LogP contribution in [0.15, 0.2) is 89.8 Å². The van der Waals surface area contributed by atoms with E-state index in [-0.39, 0.29) is 12.0 Å². The van der Waals surface area contributed by atoms with Crippen molar-refractivity contribution >= 4 is 21.4 Å². The Morgan fingerprint density at radius 2 is 1.81 bits per heavy atom. The highest BCUT2D eigenvalue weighted by molar-refractivity contribution is 7.92. The molecule has 5 heteroatoms. The lowest BCUT2D eigenvalue weighted by Gasteiger charge is -2.38. The van der Waals surface area contributed by atoms with E-state index in [2.05, 4.69) is 48.7 Å². The van der Waals surface area contributed by atoms with E-state index in [0.29, 0.717) is 23.0 Å². The summed E-state index contributed by atoms with van der Waals surface area (Å²) in [7, 11) is -3.66. The van der Waals surface area contributed by atoms with E-state index in [1.807, 2.05) is 49.4 Å². The summed E-state index contributed by atoms with van der Waals surface area (Å²) >= 11 is 0. The summed E-state index contributed by atoms with van der Waals surface area (Å²) in [5.74, 6) is 0.581. The van der Waals surface area contributed by atoms with Crippen molar-refractivity contribution in [3.8, 4) is 0 Å². The summed E-state index contributed by atoms with van der Waals surface area (Å²) in [5.41, 5.74) is 5.31. The Kier molecular flexibility index (Phi) is 5.30. The standard InChI is InChI=1S/C27H28N2O2S/c1-3-29(21-11-5-4-6-12-21)32(30,31)22-15-16-26-25(18-22)23-13-8-14-24(23)27(28-26)20-10-7-9-19(2)17-20/h4-13,15-18,23-24,27-28H,3,14H2,1-2H3. The minimum absolute atomic E-state index is 0.207. The van der Waals surface area contributed by atoms with E-state index in [1.165, 1.54) is 15.4 Å². The number of anilines is 2. The predicted molar refractivity (Wildman–Crippen MR) is 131 cm³/mol. The van der Waals surface area contributed by atoms with Gasteiger partial charge in [-0.15, -0.1) is 0 Å². The SMILES string of the molecule is CCN(c1ccccc1)S(=O)(=O)c1ccc2c(c1)C1C=CCC1C(c1cccc(C)c1)N2. The van der Waals surface area contributed by atoms with E-state index < -0.39 is 10.0 Å². The van der Waals surface area contributed by atoms with Crippen LogP contribution in [0.4, 0.5) is 11.4 Å². The molecule has 0 aromatic heterocycles. The van der Waals surface area contributed by atoms with Gasteiger partial charge in [-0.3, -0.25) is 4.31 Å². The fraction of sp³-hybridized carbons (Fsp3) is 0.259.